The zero-order valence-corrected chi connectivity index (χ0v) is 9.45. The molecule has 0 saturated heterocycles. The summed E-state index contributed by atoms with van der Waals surface area (Å²) in [6.07, 6.45) is 4.70. The van der Waals surface area contributed by atoms with Crippen LogP contribution in [0, 0.1) is 0 Å². The molecule has 5 heteroatoms. The Labute approximate surface area is 89.9 Å². The van der Waals surface area contributed by atoms with Crippen molar-refractivity contribution in [2.45, 2.75) is 19.4 Å². The molecule has 1 amide bonds. The number of nitrogens with one attached hydrogen (secondary N) is 2. The lowest BCUT2D eigenvalue weighted by Gasteiger charge is -2.11. The Bertz CT molecular complexity index is 321. The number of carbonyl (C=O) groups excluding carboxylic acids is 1. The molecule has 0 bridgehead atoms. The van der Waals surface area contributed by atoms with Crippen LogP contribution in [0.25, 0.3) is 0 Å². The first-order valence-electron chi connectivity index (χ1n) is 5.06. The van der Waals surface area contributed by atoms with Gasteiger partial charge in [-0.2, -0.15) is 5.10 Å². The SMILES string of the molecule is CNC(=O)C(C)NCCc1cnn(C)c1. The zero-order chi connectivity index (χ0) is 11.3. The molecule has 0 saturated carbocycles. The quantitative estimate of drug-likeness (QED) is 0.700. The molecule has 5 nitrogen and oxygen atoms in total. The normalized spacial score (nSPS) is 12.5. The molecule has 0 aliphatic carbocycles. The van der Waals surface area contributed by atoms with Gasteiger partial charge in [0.25, 0.3) is 0 Å². The van der Waals surface area contributed by atoms with Crippen molar-refractivity contribution in [3.63, 3.8) is 0 Å². The third kappa shape index (κ3) is 3.71. The number of rotatable bonds is 5. The molecule has 0 fully saturated rings. The average molecular weight is 210 g/mol. The first kappa shape index (κ1) is 11.7. The summed E-state index contributed by atoms with van der Waals surface area (Å²) in [4.78, 5) is 11.2. The Hall–Kier alpha value is -1.36. The summed E-state index contributed by atoms with van der Waals surface area (Å²) in [5.74, 6) is 0.0150. The number of nitrogens with zero attached hydrogens (tertiary/aromatic N) is 2. The van der Waals surface area contributed by atoms with Crippen LogP contribution in [0.3, 0.4) is 0 Å². The van der Waals surface area contributed by atoms with Crippen LogP contribution >= 0.6 is 0 Å². The monoisotopic (exact) mass is 210 g/mol. The largest absolute Gasteiger partial charge is 0.358 e. The van der Waals surface area contributed by atoms with E-state index < -0.39 is 0 Å². The van der Waals surface area contributed by atoms with E-state index in [0.29, 0.717) is 0 Å². The van der Waals surface area contributed by atoms with Gasteiger partial charge in [0, 0.05) is 26.8 Å². The lowest BCUT2D eigenvalue weighted by molar-refractivity contribution is -0.122. The maximum atomic E-state index is 11.2. The molecule has 1 aromatic rings. The second-order valence-electron chi connectivity index (χ2n) is 3.56. The van der Waals surface area contributed by atoms with Gasteiger partial charge in [-0.15, -0.1) is 0 Å². The molecular formula is C10H18N4O. The molecule has 0 aliphatic heterocycles. The van der Waals surface area contributed by atoms with Gasteiger partial charge in [0.05, 0.1) is 12.2 Å². The molecule has 1 atom stereocenters. The van der Waals surface area contributed by atoms with Gasteiger partial charge in [0.2, 0.25) is 5.91 Å². The fourth-order valence-electron chi connectivity index (χ4n) is 1.34. The summed E-state index contributed by atoms with van der Waals surface area (Å²) in [6.45, 7) is 2.63. The predicted molar refractivity (Wildman–Crippen MR) is 58.4 cm³/mol. The zero-order valence-electron chi connectivity index (χ0n) is 9.45. The minimum atomic E-state index is -0.147. The Kier molecular flexibility index (Phi) is 4.30. The highest BCUT2D eigenvalue weighted by atomic mass is 16.2. The smallest absolute Gasteiger partial charge is 0.236 e. The lowest BCUT2D eigenvalue weighted by atomic mass is 10.2. The van der Waals surface area contributed by atoms with Crippen LogP contribution in [-0.4, -0.2) is 35.3 Å². The molecule has 0 aromatic carbocycles. The van der Waals surface area contributed by atoms with Crippen molar-refractivity contribution >= 4 is 5.91 Å². The first-order valence-corrected chi connectivity index (χ1v) is 5.06. The molecule has 2 N–H and O–H groups in total. The van der Waals surface area contributed by atoms with Crippen LogP contribution in [0.2, 0.25) is 0 Å². The van der Waals surface area contributed by atoms with Crippen molar-refractivity contribution in [1.82, 2.24) is 20.4 Å². The molecular weight excluding hydrogens is 192 g/mol. The van der Waals surface area contributed by atoms with Crippen molar-refractivity contribution in [1.29, 1.82) is 0 Å². The number of aromatic nitrogens is 2. The summed E-state index contributed by atoms with van der Waals surface area (Å²) in [5.41, 5.74) is 1.18. The van der Waals surface area contributed by atoms with E-state index in [-0.39, 0.29) is 11.9 Å². The molecule has 1 aromatic heterocycles. The molecule has 0 spiro atoms. The van der Waals surface area contributed by atoms with E-state index in [1.54, 1.807) is 11.7 Å². The summed E-state index contributed by atoms with van der Waals surface area (Å²) in [7, 11) is 3.53. The van der Waals surface area contributed by atoms with Crippen molar-refractivity contribution in [3.05, 3.63) is 18.0 Å². The van der Waals surface area contributed by atoms with E-state index in [1.165, 1.54) is 5.56 Å². The van der Waals surface area contributed by atoms with Crippen LogP contribution in [0.1, 0.15) is 12.5 Å². The van der Waals surface area contributed by atoms with Crippen LogP contribution in [0.4, 0.5) is 0 Å². The van der Waals surface area contributed by atoms with Crippen molar-refractivity contribution in [2.75, 3.05) is 13.6 Å². The maximum absolute atomic E-state index is 11.2. The molecule has 0 radical (unpaired) electrons. The number of amides is 1. The van der Waals surface area contributed by atoms with Crippen molar-refractivity contribution in [2.24, 2.45) is 7.05 Å². The highest BCUT2D eigenvalue weighted by Crippen LogP contribution is 1.96. The van der Waals surface area contributed by atoms with Gasteiger partial charge in [-0.25, -0.2) is 0 Å². The highest BCUT2D eigenvalue weighted by molar-refractivity contribution is 5.80. The standard InChI is InChI=1S/C10H18N4O/c1-8(10(15)11-2)12-5-4-9-6-13-14(3)7-9/h6-8,12H,4-5H2,1-3H3,(H,11,15). The molecule has 1 heterocycles. The van der Waals surface area contributed by atoms with Gasteiger partial charge in [0.1, 0.15) is 0 Å². The van der Waals surface area contributed by atoms with Gasteiger partial charge in [-0.3, -0.25) is 9.48 Å². The highest BCUT2D eigenvalue weighted by Gasteiger charge is 2.08. The Morgan fingerprint density at radius 3 is 2.93 bits per heavy atom. The summed E-state index contributed by atoms with van der Waals surface area (Å²) < 4.78 is 1.78. The molecule has 1 unspecified atom stereocenters. The Balaban J connectivity index is 2.24. The molecule has 84 valence electrons. The predicted octanol–water partition coefficient (Wildman–Crippen LogP) is -0.313. The van der Waals surface area contributed by atoms with E-state index in [4.69, 9.17) is 0 Å². The van der Waals surface area contributed by atoms with Crippen LogP contribution in [0.5, 0.6) is 0 Å². The molecule has 15 heavy (non-hydrogen) atoms. The second-order valence-corrected chi connectivity index (χ2v) is 3.56. The Morgan fingerprint density at radius 2 is 2.40 bits per heavy atom. The minimum Gasteiger partial charge on any atom is -0.358 e. The van der Waals surface area contributed by atoms with Gasteiger partial charge < -0.3 is 10.6 Å². The average Bonchev–Trinajstić information content (AvgIpc) is 2.63. The van der Waals surface area contributed by atoms with E-state index in [1.807, 2.05) is 26.4 Å². The third-order valence-corrected chi connectivity index (χ3v) is 2.26. The Morgan fingerprint density at radius 1 is 1.67 bits per heavy atom. The molecule has 1 rings (SSSR count). The van der Waals surface area contributed by atoms with Crippen LogP contribution in [0.15, 0.2) is 12.4 Å². The van der Waals surface area contributed by atoms with Crippen LogP contribution in [-0.2, 0) is 18.3 Å². The second kappa shape index (κ2) is 5.50. The fraction of sp³-hybridized carbons (Fsp3) is 0.600. The fourth-order valence-corrected chi connectivity index (χ4v) is 1.34. The maximum Gasteiger partial charge on any atom is 0.236 e. The number of likely N-dealkylation sites (N-methyl/N-ethyl adjacent to an activating group) is 1. The number of hydrogen-bond donors (Lipinski definition) is 2. The summed E-state index contributed by atoms with van der Waals surface area (Å²) in [5, 5.41) is 9.82. The number of hydrogen-bond acceptors (Lipinski definition) is 3. The van der Waals surface area contributed by atoms with Gasteiger partial charge in [0.15, 0.2) is 0 Å². The number of aryl methyl sites for hydroxylation is 1. The van der Waals surface area contributed by atoms with Crippen molar-refractivity contribution < 1.29 is 4.79 Å². The van der Waals surface area contributed by atoms with E-state index >= 15 is 0 Å². The van der Waals surface area contributed by atoms with Gasteiger partial charge in [-0.1, -0.05) is 0 Å². The lowest BCUT2D eigenvalue weighted by Crippen LogP contribution is -2.41. The van der Waals surface area contributed by atoms with E-state index in [9.17, 15) is 4.79 Å². The first-order chi connectivity index (χ1) is 7.13. The van der Waals surface area contributed by atoms with Crippen LogP contribution < -0.4 is 10.6 Å². The van der Waals surface area contributed by atoms with Crippen molar-refractivity contribution in [3.8, 4) is 0 Å². The summed E-state index contributed by atoms with van der Waals surface area (Å²) in [6, 6.07) is -0.147. The van der Waals surface area contributed by atoms with Gasteiger partial charge in [-0.05, 0) is 18.9 Å². The van der Waals surface area contributed by atoms with E-state index in [2.05, 4.69) is 15.7 Å². The minimum absolute atomic E-state index is 0.0150. The molecule has 0 aliphatic rings. The number of carbonyl (C=O) groups is 1. The third-order valence-electron chi connectivity index (χ3n) is 2.26. The summed E-state index contributed by atoms with van der Waals surface area (Å²) >= 11 is 0. The topological polar surface area (TPSA) is 59.0 Å². The van der Waals surface area contributed by atoms with Gasteiger partial charge >= 0.3 is 0 Å². The van der Waals surface area contributed by atoms with E-state index in [0.717, 1.165) is 13.0 Å².